The van der Waals surface area contributed by atoms with Crippen LogP contribution in [0.15, 0.2) is 42.5 Å². The number of hydrogen-bond donors (Lipinski definition) is 2. The van der Waals surface area contributed by atoms with Crippen LogP contribution >= 0.6 is 22.6 Å². The fourth-order valence-corrected chi connectivity index (χ4v) is 1.77. The van der Waals surface area contributed by atoms with Crippen LogP contribution in [0.1, 0.15) is 0 Å². The van der Waals surface area contributed by atoms with Crippen LogP contribution < -0.4 is 16.2 Å². The molecule has 0 heterocycles. The molecular weight excluding hydrogens is 315 g/mol. The summed E-state index contributed by atoms with van der Waals surface area (Å²) in [5, 5.41) is 0. The molecule has 0 fully saturated rings. The lowest BCUT2D eigenvalue weighted by atomic mass is 10.2. The van der Waals surface area contributed by atoms with Gasteiger partial charge in [0.25, 0.3) is 0 Å². The molecular formula is C12H11IN2O. The summed E-state index contributed by atoms with van der Waals surface area (Å²) in [4.78, 5) is 0. The molecule has 4 N–H and O–H groups in total. The third kappa shape index (κ3) is 2.38. The number of ether oxygens (including phenoxy) is 1. The molecule has 2 rings (SSSR count). The molecule has 0 unspecified atom stereocenters. The third-order valence-corrected chi connectivity index (χ3v) is 3.01. The zero-order chi connectivity index (χ0) is 11.5. The summed E-state index contributed by atoms with van der Waals surface area (Å²) in [7, 11) is 0. The Morgan fingerprint density at radius 1 is 0.938 bits per heavy atom. The van der Waals surface area contributed by atoms with Crippen molar-refractivity contribution in [3.8, 4) is 11.5 Å². The second kappa shape index (κ2) is 4.61. The zero-order valence-electron chi connectivity index (χ0n) is 8.48. The number of nitrogen functional groups attached to an aromatic ring is 2. The average molecular weight is 326 g/mol. The molecule has 0 saturated carbocycles. The Balaban J connectivity index is 2.28. The van der Waals surface area contributed by atoms with Crippen molar-refractivity contribution in [3.63, 3.8) is 0 Å². The second-order valence-corrected chi connectivity index (χ2v) is 4.49. The van der Waals surface area contributed by atoms with Gasteiger partial charge in [0.05, 0.1) is 14.9 Å². The van der Waals surface area contributed by atoms with Gasteiger partial charge in [-0.3, -0.25) is 0 Å². The van der Waals surface area contributed by atoms with E-state index in [1.165, 1.54) is 0 Å². The molecule has 2 aromatic carbocycles. The first-order valence-corrected chi connectivity index (χ1v) is 5.82. The number of rotatable bonds is 2. The molecule has 4 heteroatoms. The predicted octanol–water partition coefficient (Wildman–Crippen LogP) is 3.25. The first-order valence-electron chi connectivity index (χ1n) is 4.74. The second-order valence-electron chi connectivity index (χ2n) is 3.32. The van der Waals surface area contributed by atoms with E-state index < -0.39 is 0 Å². The van der Waals surface area contributed by atoms with E-state index in [9.17, 15) is 0 Å². The SMILES string of the molecule is Nc1ccc(Oc2ccccc2I)cc1N. The molecule has 2 aromatic rings. The van der Waals surface area contributed by atoms with Crippen molar-refractivity contribution in [1.29, 1.82) is 0 Å². The molecule has 0 bridgehead atoms. The Hall–Kier alpha value is -1.43. The van der Waals surface area contributed by atoms with E-state index >= 15 is 0 Å². The van der Waals surface area contributed by atoms with E-state index in [2.05, 4.69) is 22.6 Å². The normalized spacial score (nSPS) is 10.1. The summed E-state index contributed by atoms with van der Waals surface area (Å²) in [5.41, 5.74) is 12.4. The van der Waals surface area contributed by atoms with Gasteiger partial charge in [0, 0.05) is 6.07 Å². The Kier molecular flexibility index (Phi) is 3.19. The van der Waals surface area contributed by atoms with Gasteiger partial charge in [-0.15, -0.1) is 0 Å². The van der Waals surface area contributed by atoms with Crippen LogP contribution in [-0.4, -0.2) is 0 Å². The lowest BCUT2D eigenvalue weighted by Crippen LogP contribution is -1.95. The van der Waals surface area contributed by atoms with Gasteiger partial charge >= 0.3 is 0 Å². The number of halogens is 1. The van der Waals surface area contributed by atoms with Crippen molar-refractivity contribution in [1.82, 2.24) is 0 Å². The summed E-state index contributed by atoms with van der Waals surface area (Å²) in [6, 6.07) is 13.0. The van der Waals surface area contributed by atoms with Gasteiger partial charge in [0.1, 0.15) is 11.5 Å². The summed E-state index contributed by atoms with van der Waals surface area (Å²) in [5.74, 6) is 1.50. The van der Waals surface area contributed by atoms with E-state index in [0.29, 0.717) is 17.1 Å². The molecule has 0 radical (unpaired) electrons. The number of benzene rings is 2. The van der Waals surface area contributed by atoms with Gasteiger partial charge in [0.15, 0.2) is 0 Å². The van der Waals surface area contributed by atoms with Gasteiger partial charge in [0.2, 0.25) is 0 Å². The topological polar surface area (TPSA) is 61.3 Å². The van der Waals surface area contributed by atoms with Crippen LogP contribution in [0, 0.1) is 3.57 Å². The van der Waals surface area contributed by atoms with E-state index in [1.54, 1.807) is 18.2 Å². The number of hydrogen-bond acceptors (Lipinski definition) is 3. The monoisotopic (exact) mass is 326 g/mol. The first kappa shape index (κ1) is 11.1. The summed E-state index contributed by atoms with van der Waals surface area (Å²) in [6.45, 7) is 0. The minimum absolute atomic E-state index is 0.531. The fourth-order valence-electron chi connectivity index (χ4n) is 1.27. The largest absolute Gasteiger partial charge is 0.456 e. The van der Waals surface area contributed by atoms with Crippen molar-refractivity contribution in [2.45, 2.75) is 0 Å². The summed E-state index contributed by atoms with van der Waals surface area (Å²) >= 11 is 2.22. The van der Waals surface area contributed by atoms with E-state index in [4.69, 9.17) is 16.2 Å². The van der Waals surface area contributed by atoms with Crippen molar-refractivity contribution in [2.75, 3.05) is 11.5 Å². The van der Waals surface area contributed by atoms with Crippen LogP contribution in [0.3, 0.4) is 0 Å². The van der Waals surface area contributed by atoms with Crippen LogP contribution in [0.5, 0.6) is 11.5 Å². The molecule has 0 spiro atoms. The maximum absolute atomic E-state index is 5.71. The Morgan fingerprint density at radius 2 is 1.69 bits per heavy atom. The number of para-hydroxylation sites is 1. The Bertz CT molecular complexity index is 514. The fraction of sp³-hybridized carbons (Fsp3) is 0. The lowest BCUT2D eigenvalue weighted by molar-refractivity contribution is 0.479. The zero-order valence-corrected chi connectivity index (χ0v) is 10.6. The van der Waals surface area contributed by atoms with Gasteiger partial charge in [-0.1, -0.05) is 12.1 Å². The maximum Gasteiger partial charge on any atom is 0.140 e. The smallest absolute Gasteiger partial charge is 0.140 e. The van der Waals surface area contributed by atoms with E-state index in [-0.39, 0.29) is 0 Å². The maximum atomic E-state index is 5.71. The standard InChI is InChI=1S/C12H11IN2O/c13-9-3-1-2-4-12(9)16-8-5-6-10(14)11(15)7-8/h1-7H,14-15H2. The molecule has 0 aliphatic carbocycles. The average Bonchev–Trinajstić information content (AvgIpc) is 2.27. The molecule has 0 aliphatic heterocycles. The van der Waals surface area contributed by atoms with Crippen molar-refractivity contribution in [3.05, 3.63) is 46.0 Å². The molecule has 3 nitrogen and oxygen atoms in total. The van der Waals surface area contributed by atoms with Gasteiger partial charge < -0.3 is 16.2 Å². The number of anilines is 2. The predicted molar refractivity (Wildman–Crippen MR) is 74.5 cm³/mol. The van der Waals surface area contributed by atoms with Gasteiger partial charge in [-0.05, 0) is 46.9 Å². The minimum Gasteiger partial charge on any atom is -0.456 e. The molecule has 0 atom stereocenters. The molecule has 0 aromatic heterocycles. The van der Waals surface area contributed by atoms with E-state index in [0.717, 1.165) is 9.32 Å². The summed E-state index contributed by atoms with van der Waals surface area (Å²) < 4.78 is 6.75. The van der Waals surface area contributed by atoms with Crippen molar-refractivity contribution >= 4 is 34.0 Å². The molecule has 82 valence electrons. The molecule has 16 heavy (non-hydrogen) atoms. The highest BCUT2D eigenvalue weighted by Crippen LogP contribution is 2.29. The van der Waals surface area contributed by atoms with Crippen LogP contribution in [-0.2, 0) is 0 Å². The number of nitrogens with two attached hydrogens (primary N) is 2. The van der Waals surface area contributed by atoms with Crippen LogP contribution in [0.4, 0.5) is 11.4 Å². The Morgan fingerprint density at radius 3 is 2.38 bits per heavy atom. The highest BCUT2D eigenvalue weighted by molar-refractivity contribution is 14.1. The van der Waals surface area contributed by atoms with Gasteiger partial charge in [-0.25, -0.2) is 0 Å². The molecule has 0 saturated heterocycles. The van der Waals surface area contributed by atoms with Crippen LogP contribution in [0.2, 0.25) is 0 Å². The third-order valence-electron chi connectivity index (χ3n) is 2.12. The van der Waals surface area contributed by atoms with Gasteiger partial charge in [-0.2, -0.15) is 0 Å². The first-order chi connectivity index (χ1) is 7.66. The molecule has 0 amide bonds. The minimum atomic E-state index is 0.531. The quantitative estimate of drug-likeness (QED) is 0.658. The molecule has 0 aliphatic rings. The highest BCUT2D eigenvalue weighted by Gasteiger charge is 2.02. The summed E-state index contributed by atoms with van der Waals surface area (Å²) in [6.07, 6.45) is 0. The highest BCUT2D eigenvalue weighted by atomic mass is 127. The van der Waals surface area contributed by atoms with Crippen molar-refractivity contribution < 1.29 is 4.74 Å². The van der Waals surface area contributed by atoms with Crippen LogP contribution in [0.25, 0.3) is 0 Å². The van der Waals surface area contributed by atoms with E-state index in [1.807, 2.05) is 24.3 Å². The lowest BCUT2D eigenvalue weighted by Gasteiger charge is -2.08. The van der Waals surface area contributed by atoms with Crippen molar-refractivity contribution in [2.24, 2.45) is 0 Å². The Labute approximate surface area is 108 Å².